The number of aliphatic hydroxyl groups is 2. The van der Waals surface area contributed by atoms with Gasteiger partial charge in [0.25, 0.3) is 0 Å². The third kappa shape index (κ3) is 3.44. The zero-order chi connectivity index (χ0) is 12.3. The average Bonchev–Trinajstić information content (AvgIpc) is 2.19. The third-order valence-electron chi connectivity index (χ3n) is 2.54. The lowest BCUT2D eigenvalue weighted by molar-refractivity contribution is -0.0433. The van der Waals surface area contributed by atoms with E-state index in [9.17, 15) is 10.2 Å². The van der Waals surface area contributed by atoms with Crippen LogP contribution < -0.4 is 0 Å². The molecule has 3 nitrogen and oxygen atoms in total. The van der Waals surface area contributed by atoms with Crippen molar-refractivity contribution in [1.29, 1.82) is 0 Å². The predicted molar refractivity (Wildman–Crippen MR) is 64.4 cm³/mol. The van der Waals surface area contributed by atoms with E-state index in [4.69, 9.17) is 11.6 Å². The van der Waals surface area contributed by atoms with Crippen LogP contribution in [-0.4, -0.2) is 27.4 Å². The Morgan fingerprint density at radius 1 is 1.38 bits per heavy atom. The topological polar surface area (TPSA) is 53.4 Å². The third-order valence-corrected chi connectivity index (χ3v) is 2.88. The van der Waals surface area contributed by atoms with Gasteiger partial charge in [-0.25, -0.2) is 0 Å². The highest BCUT2D eigenvalue weighted by molar-refractivity contribution is 6.31. The van der Waals surface area contributed by atoms with Crippen LogP contribution in [0, 0.1) is 5.41 Å². The van der Waals surface area contributed by atoms with E-state index in [0.29, 0.717) is 11.4 Å². The van der Waals surface area contributed by atoms with Crippen molar-refractivity contribution in [3.63, 3.8) is 0 Å². The van der Waals surface area contributed by atoms with Gasteiger partial charge < -0.3 is 10.2 Å². The number of aliphatic hydroxyl groups excluding tert-OH is 2. The minimum absolute atomic E-state index is 0.333. The van der Waals surface area contributed by atoms with Gasteiger partial charge in [0, 0.05) is 18.8 Å². The van der Waals surface area contributed by atoms with E-state index in [1.54, 1.807) is 12.3 Å². The summed E-state index contributed by atoms with van der Waals surface area (Å²) in [6, 6.07) is 1.75. The van der Waals surface area contributed by atoms with E-state index in [1.807, 2.05) is 20.8 Å². The van der Waals surface area contributed by atoms with Gasteiger partial charge in [-0.2, -0.15) is 0 Å². The van der Waals surface area contributed by atoms with Gasteiger partial charge in [0.1, 0.15) is 0 Å². The molecule has 2 N–H and O–H groups in total. The fourth-order valence-electron chi connectivity index (χ4n) is 1.48. The van der Waals surface area contributed by atoms with Gasteiger partial charge in [-0.3, -0.25) is 4.98 Å². The molecule has 0 aliphatic heterocycles. The first-order valence-corrected chi connectivity index (χ1v) is 5.64. The fourth-order valence-corrected chi connectivity index (χ4v) is 1.68. The van der Waals surface area contributed by atoms with Crippen molar-refractivity contribution in [1.82, 2.24) is 4.98 Å². The smallest absolute Gasteiger partial charge is 0.0850 e. The van der Waals surface area contributed by atoms with Crippen molar-refractivity contribution in [2.45, 2.75) is 39.4 Å². The molecule has 90 valence electrons. The average molecular weight is 244 g/mol. The molecule has 0 saturated heterocycles. The van der Waals surface area contributed by atoms with Crippen LogP contribution in [0.1, 0.15) is 26.3 Å². The standard InChI is InChI=1S/C12H18ClNO2/c1-12(2,3)11(16)10(15)6-8-4-5-14-7-9(8)13/h4-5,7,10-11,15-16H,6H2,1-3H3. The first-order valence-electron chi connectivity index (χ1n) is 5.27. The summed E-state index contributed by atoms with van der Waals surface area (Å²) < 4.78 is 0. The van der Waals surface area contributed by atoms with Crippen molar-refractivity contribution in [3.05, 3.63) is 29.0 Å². The molecule has 2 atom stereocenters. The Morgan fingerprint density at radius 3 is 2.50 bits per heavy atom. The Labute approximate surface area is 101 Å². The predicted octanol–water partition coefficient (Wildman–Crippen LogP) is 2.05. The lowest BCUT2D eigenvalue weighted by atomic mass is 9.84. The molecular formula is C12H18ClNO2. The van der Waals surface area contributed by atoms with Crippen molar-refractivity contribution in [2.24, 2.45) is 5.41 Å². The minimum atomic E-state index is -0.820. The fraction of sp³-hybridized carbons (Fsp3) is 0.583. The lowest BCUT2D eigenvalue weighted by Gasteiger charge is -2.30. The Balaban J connectivity index is 2.72. The number of aromatic nitrogens is 1. The summed E-state index contributed by atoms with van der Waals surface area (Å²) in [5.41, 5.74) is 0.450. The van der Waals surface area contributed by atoms with Gasteiger partial charge in [0.05, 0.1) is 17.2 Å². The Morgan fingerprint density at radius 2 is 2.00 bits per heavy atom. The van der Waals surface area contributed by atoms with Crippen LogP contribution in [-0.2, 0) is 6.42 Å². The molecule has 4 heteroatoms. The van der Waals surface area contributed by atoms with Crippen LogP contribution in [0.5, 0.6) is 0 Å². The SMILES string of the molecule is CC(C)(C)C(O)C(O)Cc1ccncc1Cl. The molecule has 1 aromatic heterocycles. The van der Waals surface area contributed by atoms with E-state index < -0.39 is 12.2 Å². The Bertz CT molecular complexity index is 349. The molecule has 0 spiro atoms. The maximum Gasteiger partial charge on any atom is 0.0850 e. The molecular weight excluding hydrogens is 226 g/mol. The molecule has 1 aromatic rings. The van der Waals surface area contributed by atoms with Crippen molar-refractivity contribution >= 4 is 11.6 Å². The molecule has 0 aliphatic rings. The van der Waals surface area contributed by atoms with E-state index >= 15 is 0 Å². The van der Waals surface area contributed by atoms with E-state index in [1.165, 1.54) is 6.20 Å². The second-order valence-electron chi connectivity index (χ2n) is 5.05. The molecule has 0 amide bonds. The number of nitrogens with zero attached hydrogens (tertiary/aromatic N) is 1. The summed E-state index contributed by atoms with van der Waals surface area (Å²) in [5, 5.41) is 20.3. The quantitative estimate of drug-likeness (QED) is 0.854. The van der Waals surface area contributed by atoms with Crippen LogP contribution in [0.2, 0.25) is 5.02 Å². The molecule has 16 heavy (non-hydrogen) atoms. The number of pyridine rings is 1. The number of rotatable bonds is 3. The van der Waals surface area contributed by atoms with Crippen LogP contribution in [0.25, 0.3) is 0 Å². The highest BCUT2D eigenvalue weighted by Crippen LogP contribution is 2.25. The number of halogens is 1. The maximum atomic E-state index is 9.90. The van der Waals surface area contributed by atoms with Crippen LogP contribution in [0.15, 0.2) is 18.5 Å². The summed E-state index contributed by atoms with van der Waals surface area (Å²) >= 11 is 5.93. The van der Waals surface area contributed by atoms with E-state index in [0.717, 1.165) is 5.56 Å². The lowest BCUT2D eigenvalue weighted by Crippen LogP contribution is -2.38. The number of hydrogen-bond donors (Lipinski definition) is 2. The van der Waals surface area contributed by atoms with Gasteiger partial charge in [-0.1, -0.05) is 32.4 Å². The summed E-state index contributed by atoms with van der Waals surface area (Å²) in [7, 11) is 0. The van der Waals surface area contributed by atoms with Gasteiger partial charge in [0.15, 0.2) is 0 Å². The van der Waals surface area contributed by atoms with Gasteiger partial charge in [0.2, 0.25) is 0 Å². The summed E-state index contributed by atoms with van der Waals surface area (Å²) in [5.74, 6) is 0. The summed E-state index contributed by atoms with van der Waals surface area (Å²) in [4.78, 5) is 3.87. The zero-order valence-electron chi connectivity index (χ0n) is 9.81. The minimum Gasteiger partial charge on any atom is -0.390 e. The first-order chi connectivity index (χ1) is 7.32. The molecule has 0 fully saturated rings. The van der Waals surface area contributed by atoms with Crippen molar-refractivity contribution in [2.75, 3.05) is 0 Å². The molecule has 2 unspecified atom stereocenters. The largest absolute Gasteiger partial charge is 0.390 e. The summed E-state index contributed by atoms with van der Waals surface area (Å²) in [6.07, 6.45) is 1.89. The summed E-state index contributed by atoms with van der Waals surface area (Å²) in [6.45, 7) is 5.65. The van der Waals surface area contributed by atoms with Crippen molar-refractivity contribution < 1.29 is 10.2 Å². The van der Waals surface area contributed by atoms with Crippen LogP contribution >= 0.6 is 11.6 Å². The van der Waals surface area contributed by atoms with Crippen LogP contribution in [0.3, 0.4) is 0 Å². The highest BCUT2D eigenvalue weighted by Gasteiger charge is 2.29. The zero-order valence-corrected chi connectivity index (χ0v) is 10.6. The molecule has 0 aromatic carbocycles. The van der Waals surface area contributed by atoms with Crippen LogP contribution in [0.4, 0.5) is 0 Å². The Hall–Kier alpha value is -0.640. The highest BCUT2D eigenvalue weighted by atomic mass is 35.5. The second kappa shape index (κ2) is 5.13. The first kappa shape index (κ1) is 13.4. The number of hydrogen-bond acceptors (Lipinski definition) is 3. The monoisotopic (exact) mass is 243 g/mol. The molecule has 0 radical (unpaired) electrons. The van der Waals surface area contributed by atoms with E-state index in [-0.39, 0.29) is 5.41 Å². The molecule has 1 heterocycles. The molecule has 0 aliphatic carbocycles. The Kier molecular flexibility index (Phi) is 4.30. The molecule has 0 saturated carbocycles. The van der Waals surface area contributed by atoms with Crippen molar-refractivity contribution in [3.8, 4) is 0 Å². The normalized spacial score (nSPS) is 15.9. The van der Waals surface area contributed by atoms with Gasteiger partial charge >= 0.3 is 0 Å². The van der Waals surface area contributed by atoms with Gasteiger partial charge in [-0.05, 0) is 17.0 Å². The maximum absolute atomic E-state index is 9.90. The van der Waals surface area contributed by atoms with E-state index in [2.05, 4.69) is 4.98 Å². The second-order valence-corrected chi connectivity index (χ2v) is 5.46. The van der Waals surface area contributed by atoms with Gasteiger partial charge in [-0.15, -0.1) is 0 Å². The molecule has 0 bridgehead atoms. The molecule has 1 rings (SSSR count).